The van der Waals surface area contributed by atoms with E-state index in [-0.39, 0.29) is 6.04 Å². The van der Waals surface area contributed by atoms with Crippen molar-refractivity contribution in [3.8, 4) is 0 Å². The van der Waals surface area contributed by atoms with Gasteiger partial charge in [0, 0.05) is 18.9 Å². The third-order valence-corrected chi connectivity index (χ3v) is 3.28. The molecule has 0 aliphatic carbocycles. The lowest BCUT2D eigenvalue weighted by Crippen LogP contribution is -2.19. The van der Waals surface area contributed by atoms with Crippen molar-refractivity contribution in [3.63, 3.8) is 0 Å². The molecule has 0 aliphatic rings. The number of alkyl halides is 3. The number of nitrogens with two attached hydrogens (primary N) is 1. The van der Waals surface area contributed by atoms with Crippen LogP contribution in [0.25, 0.3) is 0 Å². The summed E-state index contributed by atoms with van der Waals surface area (Å²) in [6.07, 6.45) is 0.677. The lowest BCUT2D eigenvalue weighted by atomic mass is 10.0. The molecule has 0 spiro atoms. The van der Waals surface area contributed by atoms with Gasteiger partial charge >= 0.3 is 6.18 Å². The van der Waals surface area contributed by atoms with E-state index in [1.165, 1.54) is 12.1 Å². The zero-order valence-electron chi connectivity index (χ0n) is 11.8. The fourth-order valence-electron chi connectivity index (χ4n) is 2.25. The SMILES string of the molecule is CCCn1ccnc1C(N)Cc1ccc(C(F)(F)F)cc1. The number of hydrogen-bond donors (Lipinski definition) is 1. The number of aryl methyl sites for hydroxylation is 1. The van der Waals surface area contributed by atoms with E-state index in [2.05, 4.69) is 11.9 Å². The number of nitrogens with zero attached hydrogens (tertiary/aromatic N) is 2. The van der Waals surface area contributed by atoms with E-state index in [9.17, 15) is 13.2 Å². The van der Waals surface area contributed by atoms with Crippen LogP contribution in [0.1, 0.15) is 36.3 Å². The second kappa shape index (κ2) is 6.30. The summed E-state index contributed by atoms with van der Waals surface area (Å²) in [6.45, 7) is 2.89. The van der Waals surface area contributed by atoms with E-state index in [1.54, 1.807) is 6.20 Å². The van der Waals surface area contributed by atoms with Crippen molar-refractivity contribution in [2.75, 3.05) is 0 Å². The summed E-state index contributed by atoms with van der Waals surface area (Å²) in [5.74, 6) is 0.761. The molecule has 0 fully saturated rings. The summed E-state index contributed by atoms with van der Waals surface area (Å²) in [4.78, 5) is 4.25. The molecular weight excluding hydrogens is 279 g/mol. The van der Waals surface area contributed by atoms with Crippen molar-refractivity contribution >= 4 is 0 Å². The first-order valence-electron chi connectivity index (χ1n) is 6.84. The first-order chi connectivity index (χ1) is 9.91. The largest absolute Gasteiger partial charge is 0.416 e. The summed E-state index contributed by atoms with van der Waals surface area (Å²) < 4.78 is 39.5. The Morgan fingerprint density at radius 3 is 2.48 bits per heavy atom. The molecule has 0 radical (unpaired) electrons. The van der Waals surface area contributed by atoms with Crippen molar-refractivity contribution in [1.82, 2.24) is 9.55 Å². The summed E-state index contributed by atoms with van der Waals surface area (Å²) in [7, 11) is 0. The molecule has 0 saturated heterocycles. The molecule has 0 bridgehead atoms. The standard InChI is InChI=1S/C15H18F3N3/c1-2-8-21-9-7-20-14(21)13(19)10-11-3-5-12(6-4-11)15(16,17)18/h3-7,9,13H,2,8,10,19H2,1H3. The van der Waals surface area contributed by atoms with Crippen LogP contribution >= 0.6 is 0 Å². The molecule has 1 unspecified atom stereocenters. The molecule has 21 heavy (non-hydrogen) atoms. The highest BCUT2D eigenvalue weighted by Crippen LogP contribution is 2.29. The monoisotopic (exact) mass is 297 g/mol. The number of halogens is 3. The molecule has 1 aromatic heterocycles. The fraction of sp³-hybridized carbons (Fsp3) is 0.400. The zero-order chi connectivity index (χ0) is 15.5. The smallest absolute Gasteiger partial charge is 0.334 e. The second-order valence-electron chi connectivity index (χ2n) is 4.98. The Bertz CT molecular complexity index is 573. The Hall–Kier alpha value is -1.82. The molecule has 114 valence electrons. The molecule has 2 N–H and O–H groups in total. The minimum atomic E-state index is -4.31. The van der Waals surface area contributed by atoms with E-state index >= 15 is 0 Å². The third-order valence-electron chi connectivity index (χ3n) is 3.28. The van der Waals surface area contributed by atoms with Gasteiger partial charge < -0.3 is 10.3 Å². The number of aromatic nitrogens is 2. The molecule has 0 amide bonds. The van der Waals surface area contributed by atoms with Gasteiger partial charge in [0.15, 0.2) is 0 Å². The predicted octanol–water partition coefficient (Wildman–Crippen LogP) is 3.55. The van der Waals surface area contributed by atoms with Crippen molar-refractivity contribution in [1.29, 1.82) is 0 Å². The number of imidazole rings is 1. The lowest BCUT2D eigenvalue weighted by molar-refractivity contribution is -0.137. The third kappa shape index (κ3) is 3.85. The molecule has 2 aromatic rings. The van der Waals surface area contributed by atoms with Gasteiger partial charge in [-0.3, -0.25) is 0 Å². The number of hydrogen-bond acceptors (Lipinski definition) is 2. The van der Waals surface area contributed by atoms with Gasteiger partial charge in [0.1, 0.15) is 5.82 Å². The normalized spacial score (nSPS) is 13.4. The van der Waals surface area contributed by atoms with E-state index in [1.807, 2.05) is 10.8 Å². The molecule has 6 heteroatoms. The van der Waals surface area contributed by atoms with Gasteiger partial charge in [0.25, 0.3) is 0 Å². The van der Waals surface area contributed by atoms with E-state index in [0.717, 1.165) is 36.5 Å². The first kappa shape index (κ1) is 15.6. The molecule has 0 saturated carbocycles. The van der Waals surface area contributed by atoms with E-state index in [0.29, 0.717) is 6.42 Å². The van der Waals surface area contributed by atoms with Crippen LogP contribution in [0.4, 0.5) is 13.2 Å². The topological polar surface area (TPSA) is 43.8 Å². The Morgan fingerprint density at radius 2 is 1.90 bits per heavy atom. The molecular formula is C15H18F3N3. The van der Waals surface area contributed by atoms with E-state index < -0.39 is 11.7 Å². The van der Waals surface area contributed by atoms with Gasteiger partial charge in [-0.2, -0.15) is 13.2 Å². The lowest BCUT2D eigenvalue weighted by Gasteiger charge is -2.14. The Labute approximate surface area is 121 Å². The van der Waals surface area contributed by atoms with Gasteiger partial charge in [-0.25, -0.2) is 4.98 Å². The van der Waals surface area contributed by atoms with Gasteiger partial charge in [-0.1, -0.05) is 19.1 Å². The van der Waals surface area contributed by atoms with Crippen molar-refractivity contribution in [2.24, 2.45) is 5.73 Å². The quantitative estimate of drug-likeness (QED) is 0.917. The highest BCUT2D eigenvalue weighted by Gasteiger charge is 2.30. The van der Waals surface area contributed by atoms with Gasteiger partial charge in [0.05, 0.1) is 11.6 Å². The van der Waals surface area contributed by atoms with Crippen LogP contribution in [0.15, 0.2) is 36.7 Å². The maximum Gasteiger partial charge on any atom is 0.416 e. The van der Waals surface area contributed by atoms with Crippen LogP contribution in [-0.4, -0.2) is 9.55 Å². The van der Waals surface area contributed by atoms with E-state index in [4.69, 9.17) is 5.73 Å². The number of rotatable bonds is 5. The molecule has 3 nitrogen and oxygen atoms in total. The minimum absolute atomic E-state index is 0.330. The second-order valence-corrected chi connectivity index (χ2v) is 4.98. The van der Waals surface area contributed by atoms with Gasteiger partial charge in [-0.05, 0) is 30.5 Å². The highest BCUT2D eigenvalue weighted by atomic mass is 19.4. The molecule has 2 rings (SSSR count). The highest BCUT2D eigenvalue weighted by molar-refractivity contribution is 5.25. The van der Waals surface area contributed by atoms with Crippen molar-refractivity contribution in [3.05, 3.63) is 53.6 Å². The summed E-state index contributed by atoms with van der Waals surface area (Å²) in [5, 5.41) is 0. The van der Waals surface area contributed by atoms with Crippen LogP contribution in [0.2, 0.25) is 0 Å². The maximum atomic E-state index is 12.5. The molecule has 1 aromatic carbocycles. The molecule has 1 heterocycles. The first-order valence-corrected chi connectivity index (χ1v) is 6.84. The Morgan fingerprint density at radius 1 is 1.24 bits per heavy atom. The Kier molecular flexibility index (Phi) is 4.67. The average Bonchev–Trinajstić information content (AvgIpc) is 2.87. The van der Waals surface area contributed by atoms with Crippen molar-refractivity contribution in [2.45, 2.75) is 38.5 Å². The Balaban J connectivity index is 2.09. The maximum absolute atomic E-state index is 12.5. The predicted molar refractivity (Wildman–Crippen MR) is 74.6 cm³/mol. The van der Waals surface area contributed by atoms with Gasteiger partial charge in [0.2, 0.25) is 0 Å². The minimum Gasteiger partial charge on any atom is -0.334 e. The van der Waals surface area contributed by atoms with Crippen LogP contribution < -0.4 is 5.73 Å². The van der Waals surface area contributed by atoms with Crippen LogP contribution in [0.5, 0.6) is 0 Å². The van der Waals surface area contributed by atoms with Crippen LogP contribution in [0, 0.1) is 0 Å². The van der Waals surface area contributed by atoms with Crippen LogP contribution in [-0.2, 0) is 19.1 Å². The number of benzene rings is 1. The fourth-order valence-corrected chi connectivity index (χ4v) is 2.25. The molecule has 1 atom stereocenters. The summed E-state index contributed by atoms with van der Waals surface area (Å²) in [5.41, 5.74) is 6.24. The molecule has 0 aliphatic heterocycles. The van der Waals surface area contributed by atoms with Crippen molar-refractivity contribution < 1.29 is 13.2 Å². The average molecular weight is 297 g/mol. The zero-order valence-corrected chi connectivity index (χ0v) is 11.8. The van der Waals surface area contributed by atoms with Crippen LogP contribution in [0.3, 0.4) is 0 Å². The van der Waals surface area contributed by atoms with Gasteiger partial charge in [-0.15, -0.1) is 0 Å². The summed E-state index contributed by atoms with van der Waals surface area (Å²) in [6, 6.07) is 4.77. The summed E-state index contributed by atoms with van der Waals surface area (Å²) >= 11 is 0.